The van der Waals surface area contributed by atoms with E-state index in [1.54, 1.807) is 12.1 Å². The summed E-state index contributed by atoms with van der Waals surface area (Å²) in [6.45, 7) is 4.05. The summed E-state index contributed by atoms with van der Waals surface area (Å²) in [4.78, 5) is 17.8. The molecule has 0 unspecified atom stereocenters. The number of rotatable bonds is 8. The molecule has 0 radical (unpaired) electrons. The molecule has 2 aliphatic rings. The summed E-state index contributed by atoms with van der Waals surface area (Å²) in [5.74, 6) is 1.24. The maximum atomic E-state index is 11.3. The SMILES string of the molecule is Cc1ccccc1-c1noc(C2CC2)c1COC1CCN(c2noc(-c3cccc(C(=O)O)c3)n2)CC1. The smallest absolute Gasteiger partial charge is 0.335 e. The molecular formula is C28H28N4O5. The van der Waals surface area contributed by atoms with E-state index < -0.39 is 5.97 Å². The van der Waals surface area contributed by atoms with Crippen LogP contribution in [0.1, 0.15) is 58.8 Å². The predicted octanol–water partition coefficient (Wildman–Crippen LogP) is 5.46. The van der Waals surface area contributed by atoms with E-state index in [0.29, 0.717) is 29.9 Å². The van der Waals surface area contributed by atoms with Crippen molar-refractivity contribution in [3.63, 3.8) is 0 Å². The second kappa shape index (κ2) is 9.82. The third-order valence-corrected chi connectivity index (χ3v) is 7.13. The van der Waals surface area contributed by atoms with Gasteiger partial charge in [-0.2, -0.15) is 4.98 Å². The second-order valence-electron chi connectivity index (χ2n) is 9.75. The van der Waals surface area contributed by atoms with Crippen LogP contribution < -0.4 is 4.90 Å². The molecule has 1 saturated carbocycles. The monoisotopic (exact) mass is 500 g/mol. The van der Waals surface area contributed by atoms with Crippen molar-refractivity contribution < 1.29 is 23.7 Å². The van der Waals surface area contributed by atoms with Crippen molar-refractivity contribution >= 4 is 11.9 Å². The van der Waals surface area contributed by atoms with Crippen LogP contribution in [0.2, 0.25) is 0 Å². The average molecular weight is 501 g/mol. The Labute approximate surface area is 214 Å². The molecule has 6 rings (SSSR count). The molecule has 0 atom stereocenters. The Morgan fingerprint density at radius 2 is 1.86 bits per heavy atom. The van der Waals surface area contributed by atoms with Gasteiger partial charge in [-0.1, -0.05) is 35.5 Å². The number of aromatic carboxylic acids is 1. The lowest BCUT2D eigenvalue weighted by atomic mass is 10.0. The number of carboxylic acids is 1. The summed E-state index contributed by atoms with van der Waals surface area (Å²) in [5, 5.41) is 17.8. The summed E-state index contributed by atoms with van der Waals surface area (Å²) in [6, 6.07) is 14.7. The normalized spacial score (nSPS) is 16.3. The van der Waals surface area contributed by atoms with Gasteiger partial charge in [0, 0.05) is 35.7 Å². The Morgan fingerprint density at radius 1 is 1.05 bits per heavy atom. The van der Waals surface area contributed by atoms with Gasteiger partial charge in [-0.25, -0.2) is 4.79 Å². The third-order valence-electron chi connectivity index (χ3n) is 7.13. The standard InChI is InChI=1S/C28H28N4O5/c1-17-5-2-3-8-22(17)24-23(25(36-30-24)18-9-10-18)16-35-21-11-13-32(14-12-21)28-29-26(37-31-28)19-6-4-7-20(15-19)27(33)34/h2-8,15,18,21H,9-14,16H2,1H3,(H,33,34). The number of nitrogens with zero attached hydrogens (tertiary/aromatic N) is 4. The minimum atomic E-state index is -0.995. The molecule has 1 aliphatic carbocycles. The molecule has 1 saturated heterocycles. The van der Waals surface area contributed by atoms with Crippen LogP contribution in [-0.2, 0) is 11.3 Å². The summed E-state index contributed by atoms with van der Waals surface area (Å²) < 4.78 is 17.6. The highest BCUT2D eigenvalue weighted by atomic mass is 16.5. The Hall–Kier alpha value is -3.98. The van der Waals surface area contributed by atoms with Crippen LogP contribution >= 0.6 is 0 Å². The van der Waals surface area contributed by atoms with E-state index in [-0.39, 0.29) is 11.7 Å². The fourth-order valence-electron chi connectivity index (χ4n) is 4.85. The highest BCUT2D eigenvalue weighted by molar-refractivity contribution is 5.89. The number of benzene rings is 2. The number of hydrogen-bond donors (Lipinski definition) is 1. The molecular weight excluding hydrogens is 472 g/mol. The van der Waals surface area contributed by atoms with Crippen LogP contribution in [0.25, 0.3) is 22.7 Å². The lowest BCUT2D eigenvalue weighted by Crippen LogP contribution is -2.37. The van der Waals surface area contributed by atoms with Crippen LogP contribution in [0, 0.1) is 6.92 Å². The van der Waals surface area contributed by atoms with E-state index in [1.165, 1.54) is 17.7 Å². The Morgan fingerprint density at radius 3 is 2.62 bits per heavy atom. The molecule has 37 heavy (non-hydrogen) atoms. The summed E-state index contributed by atoms with van der Waals surface area (Å²) in [5.41, 5.74) is 4.99. The van der Waals surface area contributed by atoms with E-state index in [2.05, 4.69) is 39.3 Å². The zero-order valence-corrected chi connectivity index (χ0v) is 20.6. The zero-order valence-electron chi connectivity index (χ0n) is 20.6. The number of anilines is 1. The van der Waals surface area contributed by atoms with E-state index in [4.69, 9.17) is 13.8 Å². The van der Waals surface area contributed by atoms with Gasteiger partial charge in [0.05, 0.1) is 18.3 Å². The minimum absolute atomic E-state index is 0.113. The molecule has 9 nitrogen and oxygen atoms in total. The molecule has 3 heterocycles. The van der Waals surface area contributed by atoms with Gasteiger partial charge < -0.3 is 23.8 Å². The van der Waals surface area contributed by atoms with Gasteiger partial charge in [0.2, 0.25) is 0 Å². The molecule has 4 aromatic rings. The first-order chi connectivity index (χ1) is 18.1. The number of aromatic nitrogens is 3. The van der Waals surface area contributed by atoms with E-state index >= 15 is 0 Å². The van der Waals surface area contributed by atoms with Crippen LogP contribution in [0.4, 0.5) is 5.95 Å². The number of ether oxygens (including phenoxy) is 1. The molecule has 190 valence electrons. The molecule has 9 heteroatoms. The fourth-order valence-corrected chi connectivity index (χ4v) is 4.85. The molecule has 0 bridgehead atoms. The van der Waals surface area contributed by atoms with Crippen molar-refractivity contribution in [2.75, 3.05) is 18.0 Å². The summed E-state index contributed by atoms with van der Waals surface area (Å²) >= 11 is 0. The van der Waals surface area contributed by atoms with Crippen LogP contribution in [-0.4, -0.2) is 45.6 Å². The van der Waals surface area contributed by atoms with Gasteiger partial charge in [-0.15, -0.1) is 0 Å². The summed E-state index contributed by atoms with van der Waals surface area (Å²) in [6.07, 6.45) is 4.06. The molecule has 1 N–H and O–H groups in total. The van der Waals surface area contributed by atoms with E-state index in [9.17, 15) is 9.90 Å². The first-order valence-corrected chi connectivity index (χ1v) is 12.6. The van der Waals surface area contributed by atoms with Crippen LogP contribution in [0.15, 0.2) is 57.6 Å². The second-order valence-corrected chi connectivity index (χ2v) is 9.75. The Kier molecular flexibility index (Phi) is 6.21. The van der Waals surface area contributed by atoms with Crippen LogP contribution in [0.5, 0.6) is 0 Å². The first kappa shape index (κ1) is 23.4. The number of piperidine rings is 1. The lowest BCUT2D eigenvalue weighted by Gasteiger charge is -2.30. The molecule has 2 aromatic carbocycles. The average Bonchev–Trinajstić information content (AvgIpc) is 3.49. The molecule has 2 aromatic heterocycles. The molecule has 0 amide bonds. The molecule has 0 spiro atoms. The quantitative estimate of drug-likeness (QED) is 0.337. The highest BCUT2D eigenvalue weighted by Gasteiger charge is 2.33. The van der Waals surface area contributed by atoms with Crippen molar-refractivity contribution in [3.05, 3.63) is 71.0 Å². The van der Waals surface area contributed by atoms with Gasteiger partial charge in [-0.3, -0.25) is 0 Å². The van der Waals surface area contributed by atoms with Gasteiger partial charge >= 0.3 is 5.97 Å². The maximum absolute atomic E-state index is 11.3. The number of carboxylic acid groups (broad SMARTS) is 1. The Bertz CT molecular complexity index is 1420. The van der Waals surface area contributed by atoms with Crippen molar-refractivity contribution in [3.8, 4) is 22.7 Å². The van der Waals surface area contributed by atoms with Gasteiger partial charge in [0.1, 0.15) is 11.5 Å². The van der Waals surface area contributed by atoms with Crippen molar-refractivity contribution in [2.24, 2.45) is 0 Å². The third kappa shape index (κ3) is 4.86. The van der Waals surface area contributed by atoms with Gasteiger partial charge in [0.25, 0.3) is 11.8 Å². The number of aryl methyl sites for hydroxylation is 1. The van der Waals surface area contributed by atoms with Crippen molar-refractivity contribution in [2.45, 2.75) is 51.2 Å². The maximum Gasteiger partial charge on any atom is 0.335 e. The van der Waals surface area contributed by atoms with Crippen LogP contribution in [0.3, 0.4) is 0 Å². The minimum Gasteiger partial charge on any atom is -0.478 e. The first-order valence-electron chi connectivity index (χ1n) is 12.6. The topological polar surface area (TPSA) is 115 Å². The highest BCUT2D eigenvalue weighted by Crippen LogP contribution is 2.44. The zero-order chi connectivity index (χ0) is 25.4. The largest absolute Gasteiger partial charge is 0.478 e. The number of hydrogen-bond acceptors (Lipinski definition) is 8. The van der Waals surface area contributed by atoms with Crippen molar-refractivity contribution in [1.82, 2.24) is 15.3 Å². The predicted molar refractivity (Wildman–Crippen MR) is 135 cm³/mol. The lowest BCUT2D eigenvalue weighted by molar-refractivity contribution is 0.0244. The molecule has 1 aliphatic heterocycles. The molecule has 2 fully saturated rings. The van der Waals surface area contributed by atoms with E-state index in [0.717, 1.165) is 61.4 Å². The van der Waals surface area contributed by atoms with Gasteiger partial charge in [-0.05, 0) is 61.5 Å². The van der Waals surface area contributed by atoms with E-state index in [1.807, 2.05) is 12.1 Å². The van der Waals surface area contributed by atoms with Gasteiger partial charge in [0.15, 0.2) is 0 Å². The Balaban J connectivity index is 1.10. The fraction of sp³-hybridized carbons (Fsp3) is 0.357. The number of carbonyl (C=O) groups is 1. The van der Waals surface area contributed by atoms with Crippen molar-refractivity contribution in [1.29, 1.82) is 0 Å². The summed E-state index contributed by atoms with van der Waals surface area (Å²) in [7, 11) is 0.